The van der Waals surface area contributed by atoms with Gasteiger partial charge in [-0.1, -0.05) is 18.2 Å². The van der Waals surface area contributed by atoms with Gasteiger partial charge in [0.15, 0.2) is 11.5 Å². The smallest absolute Gasteiger partial charge is 0.412 e. The molecular weight excluding hydrogens is 432 g/mol. The second kappa shape index (κ2) is 8.57. The fourth-order valence-electron chi connectivity index (χ4n) is 6.18. The minimum absolute atomic E-state index is 0.0147. The quantitative estimate of drug-likeness (QED) is 0.338. The lowest BCUT2D eigenvalue weighted by Crippen LogP contribution is -2.62. The van der Waals surface area contributed by atoms with Gasteiger partial charge in [-0.15, -0.1) is 0 Å². The number of piperidine rings is 1. The summed E-state index contributed by atoms with van der Waals surface area (Å²) in [5.41, 5.74) is 8.00. The first-order valence-corrected chi connectivity index (χ1v) is 12.4. The van der Waals surface area contributed by atoms with Gasteiger partial charge in [0.25, 0.3) is 0 Å². The van der Waals surface area contributed by atoms with Crippen LogP contribution in [0.2, 0.25) is 0 Å². The normalized spacial score (nSPS) is 28.6. The van der Waals surface area contributed by atoms with Crippen LogP contribution in [0.25, 0.3) is 0 Å². The van der Waals surface area contributed by atoms with E-state index in [0.29, 0.717) is 37.1 Å². The van der Waals surface area contributed by atoms with Crippen LogP contribution in [0.4, 0.5) is 4.79 Å². The molecule has 0 aromatic heterocycles. The number of carbonyl (C=O) groups excluding carboxylic acids is 2. The van der Waals surface area contributed by atoms with Crippen molar-refractivity contribution >= 4 is 12.0 Å². The Morgan fingerprint density at radius 2 is 2.12 bits per heavy atom. The number of nitrogens with zero attached hydrogens (tertiary/aromatic N) is 1. The van der Waals surface area contributed by atoms with Gasteiger partial charge >= 0.3 is 6.09 Å². The second-order valence-corrected chi connectivity index (χ2v) is 11.1. The van der Waals surface area contributed by atoms with E-state index in [1.165, 1.54) is 11.1 Å². The van der Waals surface area contributed by atoms with E-state index in [4.69, 9.17) is 9.47 Å². The zero-order chi connectivity index (χ0) is 24.1. The van der Waals surface area contributed by atoms with E-state index in [1.807, 2.05) is 26.8 Å². The molecule has 8 heteroatoms. The zero-order valence-electron chi connectivity index (χ0n) is 20.6. The van der Waals surface area contributed by atoms with Crippen LogP contribution in [0, 0.1) is 5.92 Å². The van der Waals surface area contributed by atoms with Crippen LogP contribution in [0.3, 0.4) is 0 Å². The molecule has 2 amide bonds. The van der Waals surface area contributed by atoms with Crippen molar-refractivity contribution in [3.8, 4) is 11.5 Å². The van der Waals surface area contributed by atoms with E-state index in [1.54, 1.807) is 0 Å². The number of hydrazine groups is 1. The molecule has 184 valence electrons. The highest BCUT2D eigenvalue weighted by atomic mass is 16.6. The zero-order valence-corrected chi connectivity index (χ0v) is 20.6. The fourth-order valence-corrected chi connectivity index (χ4v) is 6.18. The highest BCUT2D eigenvalue weighted by molar-refractivity contribution is 5.76. The van der Waals surface area contributed by atoms with Crippen molar-refractivity contribution in [3.63, 3.8) is 0 Å². The average molecular weight is 469 g/mol. The average Bonchev–Trinajstić information content (AvgIpc) is 3.13. The monoisotopic (exact) mass is 468 g/mol. The number of carbonyl (C=O) groups is 2. The number of hydrogen-bond donors (Lipinski definition) is 3. The number of nitrogens with one attached hydrogen (secondary N) is 3. The molecule has 4 aliphatic rings. The number of likely N-dealkylation sites (N-methyl/N-ethyl adjacent to an activating group) is 1. The van der Waals surface area contributed by atoms with Gasteiger partial charge in [-0.2, -0.15) is 0 Å². The maximum absolute atomic E-state index is 12.5. The Kier molecular flexibility index (Phi) is 5.84. The van der Waals surface area contributed by atoms with Crippen LogP contribution in [0.1, 0.15) is 57.6 Å². The summed E-state index contributed by atoms with van der Waals surface area (Å²) >= 11 is 0. The molecule has 1 aromatic rings. The number of benzene rings is 1. The maximum Gasteiger partial charge on any atom is 0.412 e. The van der Waals surface area contributed by atoms with Gasteiger partial charge in [0.1, 0.15) is 6.10 Å². The Balaban J connectivity index is 1.23. The van der Waals surface area contributed by atoms with E-state index in [2.05, 4.69) is 46.3 Å². The molecule has 1 spiro atoms. The van der Waals surface area contributed by atoms with E-state index in [9.17, 15) is 9.59 Å². The first kappa shape index (κ1) is 23.2. The highest BCUT2D eigenvalue weighted by Crippen LogP contribution is 2.62. The third-order valence-electron chi connectivity index (χ3n) is 7.71. The van der Waals surface area contributed by atoms with Crippen molar-refractivity contribution in [1.82, 2.24) is 21.1 Å². The summed E-state index contributed by atoms with van der Waals surface area (Å²) in [6.45, 7) is 7.32. The number of amides is 2. The number of ether oxygens (including phenoxy) is 2. The molecule has 8 nitrogen and oxygen atoms in total. The van der Waals surface area contributed by atoms with Crippen molar-refractivity contribution in [3.05, 3.63) is 35.4 Å². The summed E-state index contributed by atoms with van der Waals surface area (Å²) in [7, 11) is 2.23. The predicted molar refractivity (Wildman–Crippen MR) is 129 cm³/mol. The summed E-state index contributed by atoms with van der Waals surface area (Å²) in [4.78, 5) is 26.9. The molecule has 4 atom stereocenters. The lowest BCUT2D eigenvalue weighted by atomic mass is 9.54. The largest absolute Gasteiger partial charge is 0.485 e. The standard InChI is InChI=1S/C26H36N4O4/c1-25(2,3)29-28-21(31)9-6-13-27-24(32)33-19-11-10-16-15-18-17-7-5-8-20-26(17,12-14-30(18)4)22(16)23(19)34-20/h5,7,10-11,17-18,20,29H,6,8-9,12-15H2,1-4H3,(H,27,32)(H,28,31)/t17?,18?,20-,26+/m0/s1. The topological polar surface area (TPSA) is 91.9 Å². The Bertz CT molecular complexity index is 1020. The van der Waals surface area contributed by atoms with E-state index in [0.717, 1.165) is 31.6 Å². The molecule has 0 radical (unpaired) electrons. The maximum atomic E-state index is 12.5. The van der Waals surface area contributed by atoms with Crippen molar-refractivity contribution < 1.29 is 19.1 Å². The van der Waals surface area contributed by atoms with Gasteiger partial charge < -0.3 is 19.7 Å². The number of likely N-dealkylation sites (tertiary alicyclic amines) is 1. The van der Waals surface area contributed by atoms with Crippen molar-refractivity contribution in [2.75, 3.05) is 20.1 Å². The van der Waals surface area contributed by atoms with E-state index < -0.39 is 6.09 Å². The highest BCUT2D eigenvalue weighted by Gasteiger charge is 2.62. The summed E-state index contributed by atoms with van der Waals surface area (Å²) in [5, 5.41) is 2.76. The van der Waals surface area contributed by atoms with Gasteiger partial charge in [-0.05, 0) is 65.3 Å². The SMILES string of the molecule is CN1CC[C@]23c4c5ccc(OC(=O)NCCCC(=O)NNC(C)(C)C)c4O[C@H]2CC=CC3C1C5. The van der Waals surface area contributed by atoms with E-state index >= 15 is 0 Å². The van der Waals surface area contributed by atoms with Crippen LogP contribution >= 0.6 is 0 Å². The predicted octanol–water partition coefficient (Wildman–Crippen LogP) is 2.81. The Labute approximate surface area is 201 Å². The molecule has 0 saturated carbocycles. The minimum Gasteiger partial charge on any atom is -0.485 e. The summed E-state index contributed by atoms with van der Waals surface area (Å²) in [6.07, 6.45) is 8.00. The fraction of sp³-hybridized carbons (Fsp3) is 0.615. The van der Waals surface area contributed by atoms with Crippen LogP contribution < -0.4 is 25.6 Å². The molecule has 1 aromatic carbocycles. The summed E-state index contributed by atoms with van der Waals surface area (Å²) in [6, 6.07) is 4.47. The molecule has 3 N–H and O–H groups in total. The van der Waals surface area contributed by atoms with E-state index in [-0.39, 0.29) is 23.0 Å². The van der Waals surface area contributed by atoms with Gasteiger partial charge in [0, 0.05) is 47.9 Å². The van der Waals surface area contributed by atoms with Crippen molar-refractivity contribution in [2.24, 2.45) is 5.92 Å². The third-order valence-corrected chi connectivity index (χ3v) is 7.71. The van der Waals surface area contributed by atoms with Gasteiger partial charge in [0.05, 0.1) is 0 Å². The first-order valence-electron chi connectivity index (χ1n) is 12.4. The van der Waals surface area contributed by atoms with Gasteiger partial charge in [0.2, 0.25) is 5.91 Å². The molecule has 34 heavy (non-hydrogen) atoms. The summed E-state index contributed by atoms with van der Waals surface area (Å²) in [5.74, 6) is 1.56. The Morgan fingerprint density at radius 3 is 2.91 bits per heavy atom. The lowest BCUT2D eigenvalue weighted by Gasteiger charge is -2.55. The molecular formula is C26H36N4O4. The molecule has 2 unspecified atom stereocenters. The summed E-state index contributed by atoms with van der Waals surface area (Å²) < 4.78 is 12.2. The molecule has 1 saturated heterocycles. The molecule has 2 bridgehead atoms. The van der Waals surface area contributed by atoms with Crippen LogP contribution in [0.5, 0.6) is 11.5 Å². The van der Waals surface area contributed by atoms with Crippen molar-refractivity contribution in [1.29, 1.82) is 0 Å². The molecule has 1 fully saturated rings. The van der Waals surface area contributed by atoms with Crippen LogP contribution in [0.15, 0.2) is 24.3 Å². The van der Waals surface area contributed by atoms with Gasteiger partial charge in [-0.3, -0.25) is 10.2 Å². The number of hydrogen-bond acceptors (Lipinski definition) is 6. The molecule has 5 rings (SSSR count). The molecule has 2 aliphatic carbocycles. The molecule has 2 heterocycles. The second-order valence-electron chi connectivity index (χ2n) is 11.1. The first-order chi connectivity index (χ1) is 16.2. The van der Waals surface area contributed by atoms with Crippen molar-refractivity contribution in [2.45, 2.75) is 76.0 Å². The van der Waals surface area contributed by atoms with Crippen LogP contribution in [-0.4, -0.2) is 54.7 Å². The molecule has 2 aliphatic heterocycles. The third kappa shape index (κ3) is 3.96. The lowest BCUT2D eigenvalue weighted by molar-refractivity contribution is -0.122. The Hall–Kier alpha value is -2.58. The Morgan fingerprint density at radius 1 is 1.29 bits per heavy atom. The van der Waals surface area contributed by atoms with Gasteiger partial charge in [-0.25, -0.2) is 10.2 Å². The minimum atomic E-state index is -0.521. The number of rotatable bonds is 6. The van der Waals surface area contributed by atoms with Crippen LogP contribution in [-0.2, 0) is 16.6 Å².